The van der Waals surface area contributed by atoms with Crippen molar-refractivity contribution < 1.29 is 13.2 Å². The van der Waals surface area contributed by atoms with Crippen LogP contribution in [-0.4, -0.2) is 25.9 Å². The van der Waals surface area contributed by atoms with Gasteiger partial charge in [-0.15, -0.1) is 0 Å². The molecule has 3 rings (SSSR count). The summed E-state index contributed by atoms with van der Waals surface area (Å²) in [4.78, 5) is 0.378. The Balaban J connectivity index is 1.96. The van der Waals surface area contributed by atoms with E-state index in [1.807, 2.05) is 39.0 Å². The van der Waals surface area contributed by atoms with Crippen molar-refractivity contribution in [1.29, 1.82) is 0 Å². The van der Waals surface area contributed by atoms with E-state index in [4.69, 9.17) is 4.74 Å². The molecular weight excluding hydrogens is 322 g/mol. The van der Waals surface area contributed by atoms with Gasteiger partial charge in [0.15, 0.2) is 0 Å². The third-order valence-electron chi connectivity index (χ3n) is 4.70. The normalized spacial score (nSPS) is 15.1. The Morgan fingerprint density at radius 3 is 2.46 bits per heavy atom. The highest BCUT2D eigenvalue weighted by Gasteiger charge is 2.30. The predicted molar refractivity (Wildman–Crippen MR) is 94.8 cm³/mol. The number of ether oxygens (including phenoxy) is 1. The van der Waals surface area contributed by atoms with E-state index < -0.39 is 10.0 Å². The van der Waals surface area contributed by atoms with Crippen molar-refractivity contribution in [3.8, 4) is 5.75 Å². The Bertz CT molecular complexity index is 859. The van der Waals surface area contributed by atoms with Crippen molar-refractivity contribution >= 4 is 10.0 Å². The van der Waals surface area contributed by atoms with Gasteiger partial charge in [-0.2, -0.15) is 4.31 Å². The molecule has 128 valence electrons. The number of fused-ring (bicyclic) bond motifs is 1. The maximum Gasteiger partial charge on any atom is 0.243 e. The zero-order valence-corrected chi connectivity index (χ0v) is 15.2. The molecule has 0 spiro atoms. The first-order chi connectivity index (χ1) is 11.4. The van der Waals surface area contributed by atoms with E-state index in [0.717, 1.165) is 28.9 Å². The van der Waals surface area contributed by atoms with Crippen LogP contribution in [0.1, 0.15) is 29.2 Å². The molecule has 0 fully saturated rings. The summed E-state index contributed by atoms with van der Waals surface area (Å²) in [5, 5.41) is 0. The first-order valence-corrected chi connectivity index (χ1v) is 9.69. The number of hydrogen-bond donors (Lipinski definition) is 0. The zero-order chi connectivity index (χ0) is 17.3. The van der Waals surface area contributed by atoms with Gasteiger partial charge in [-0.05, 0) is 61.6 Å². The molecule has 1 aliphatic rings. The first kappa shape index (κ1) is 17.0. The SMILES string of the molecule is CCOc1ccc(S(=O)(=O)N2CCc3ccccc3C2)c(C)c1C. The first-order valence-electron chi connectivity index (χ1n) is 8.25. The second-order valence-corrected chi connectivity index (χ2v) is 8.01. The second-order valence-electron chi connectivity index (χ2n) is 6.10. The lowest BCUT2D eigenvalue weighted by Crippen LogP contribution is -2.36. The van der Waals surface area contributed by atoms with Crippen molar-refractivity contribution in [2.45, 2.75) is 38.6 Å². The average Bonchev–Trinajstić information content (AvgIpc) is 2.58. The molecule has 4 nitrogen and oxygen atoms in total. The average molecular weight is 345 g/mol. The molecule has 0 saturated carbocycles. The standard InChI is InChI=1S/C19H23NO3S/c1-4-23-18-9-10-19(15(3)14(18)2)24(21,22)20-12-11-16-7-5-6-8-17(16)13-20/h5-10H,4,11-13H2,1-3H3. The summed E-state index contributed by atoms with van der Waals surface area (Å²) in [6, 6.07) is 11.5. The minimum absolute atomic E-state index is 0.378. The van der Waals surface area contributed by atoms with Crippen LogP contribution in [0.3, 0.4) is 0 Å². The van der Waals surface area contributed by atoms with Gasteiger partial charge in [0.25, 0.3) is 0 Å². The fourth-order valence-corrected chi connectivity index (χ4v) is 4.88. The molecule has 0 unspecified atom stereocenters. The Morgan fingerprint density at radius 1 is 1.04 bits per heavy atom. The van der Waals surface area contributed by atoms with Crippen LogP contribution in [0.25, 0.3) is 0 Å². The van der Waals surface area contributed by atoms with E-state index in [1.54, 1.807) is 16.4 Å². The lowest BCUT2D eigenvalue weighted by Gasteiger charge is -2.29. The van der Waals surface area contributed by atoms with Crippen molar-refractivity contribution in [3.05, 3.63) is 58.7 Å². The molecule has 0 radical (unpaired) electrons. The Morgan fingerprint density at radius 2 is 1.75 bits per heavy atom. The van der Waals surface area contributed by atoms with Crippen molar-refractivity contribution in [2.75, 3.05) is 13.2 Å². The quantitative estimate of drug-likeness (QED) is 0.853. The highest BCUT2D eigenvalue weighted by molar-refractivity contribution is 7.89. The van der Waals surface area contributed by atoms with Gasteiger partial charge in [-0.3, -0.25) is 0 Å². The van der Waals surface area contributed by atoms with Gasteiger partial charge < -0.3 is 4.74 Å². The monoisotopic (exact) mass is 345 g/mol. The largest absolute Gasteiger partial charge is 0.494 e. The molecule has 0 saturated heterocycles. The minimum Gasteiger partial charge on any atom is -0.494 e. The number of nitrogens with zero attached hydrogens (tertiary/aromatic N) is 1. The van der Waals surface area contributed by atoms with E-state index in [2.05, 4.69) is 6.07 Å². The van der Waals surface area contributed by atoms with Crippen LogP contribution in [-0.2, 0) is 23.0 Å². The fourth-order valence-electron chi connectivity index (χ4n) is 3.18. The van der Waals surface area contributed by atoms with Gasteiger partial charge in [0.1, 0.15) is 5.75 Å². The molecule has 2 aromatic carbocycles. The number of sulfonamides is 1. The Labute approximate surface area is 144 Å². The van der Waals surface area contributed by atoms with Crippen LogP contribution in [0, 0.1) is 13.8 Å². The summed E-state index contributed by atoms with van der Waals surface area (Å²) in [5.41, 5.74) is 3.98. The van der Waals surface area contributed by atoms with Crippen LogP contribution >= 0.6 is 0 Å². The Kier molecular flexibility index (Phi) is 4.65. The number of rotatable bonds is 4. The van der Waals surface area contributed by atoms with Gasteiger partial charge in [-0.1, -0.05) is 24.3 Å². The highest BCUT2D eigenvalue weighted by atomic mass is 32.2. The highest BCUT2D eigenvalue weighted by Crippen LogP contribution is 2.31. The smallest absolute Gasteiger partial charge is 0.243 e. The molecule has 0 aliphatic carbocycles. The molecule has 1 aliphatic heterocycles. The molecule has 5 heteroatoms. The molecular formula is C19H23NO3S. The van der Waals surface area contributed by atoms with Crippen molar-refractivity contribution in [1.82, 2.24) is 4.31 Å². The molecule has 0 N–H and O–H groups in total. The van der Waals surface area contributed by atoms with Gasteiger partial charge in [0, 0.05) is 13.1 Å². The Hall–Kier alpha value is -1.85. The summed E-state index contributed by atoms with van der Waals surface area (Å²) in [5.74, 6) is 0.748. The van der Waals surface area contributed by atoms with Gasteiger partial charge in [0.05, 0.1) is 11.5 Å². The van der Waals surface area contributed by atoms with Crippen LogP contribution < -0.4 is 4.74 Å². The summed E-state index contributed by atoms with van der Waals surface area (Å²) >= 11 is 0. The van der Waals surface area contributed by atoms with Crippen LogP contribution in [0.5, 0.6) is 5.75 Å². The third kappa shape index (κ3) is 2.94. The zero-order valence-electron chi connectivity index (χ0n) is 14.4. The van der Waals surface area contributed by atoms with E-state index in [0.29, 0.717) is 24.6 Å². The van der Waals surface area contributed by atoms with E-state index in [9.17, 15) is 8.42 Å². The topological polar surface area (TPSA) is 46.6 Å². The molecule has 24 heavy (non-hydrogen) atoms. The molecule has 0 bridgehead atoms. The number of benzene rings is 2. The van der Waals surface area contributed by atoms with Gasteiger partial charge in [0.2, 0.25) is 10.0 Å². The molecule has 2 aromatic rings. The molecule has 0 amide bonds. The fraction of sp³-hybridized carbons (Fsp3) is 0.368. The summed E-state index contributed by atoms with van der Waals surface area (Å²) in [7, 11) is -3.51. The van der Waals surface area contributed by atoms with Crippen molar-refractivity contribution in [3.63, 3.8) is 0 Å². The van der Waals surface area contributed by atoms with Crippen LogP contribution in [0.4, 0.5) is 0 Å². The van der Waals surface area contributed by atoms with E-state index in [1.165, 1.54) is 5.56 Å². The van der Waals surface area contributed by atoms with E-state index in [-0.39, 0.29) is 0 Å². The molecule has 0 atom stereocenters. The van der Waals surface area contributed by atoms with Crippen molar-refractivity contribution in [2.24, 2.45) is 0 Å². The maximum atomic E-state index is 13.1. The van der Waals surface area contributed by atoms with Crippen LogP contribution in [0.2, 0.25) is 0 Å². The summed E-state index contributed by atoms with van der Waals surface area (Å²) in [6.45, 7) is 7.20. The third-order valence-corrected chi connectivity index (χ3v) is 6.69. The van der Waals surface area contributed by atoms with Gasteiger partial charge in [-0.25, -0.2) is 8.42 Å². The van der Waals surface area contributed by atoms with E-state index >= 15 is 0 Å². The second kappa shape index (κ2) is 6.57. The molecule has 1 heterocycles. The van der Waals surface area contributed by atoms with Gasteiger partial charge >= 0.3 is 0 Å². The van der Waals surface area contributed by atoms with Crippen LogP contribution in [0.15, 0.2) is 41.3 Å². The molecule has 0 aromatic heterocycles. The lowest BCUT2D eigenvalue weighted by atomic mass is 10.0. The predicted octanol–water partition coefficient (Wildman–Crippen LogP) is 3.45. The summed E-state index contributed by atoms with van der Waals surface area (Å²) in [6.07, 6.45) is 0.754. The summed E-state index contributed by atoms with van der Waals surface area (Å²) < 4.78 is 33.4. The number of hydrogen-bond acceptors (Lipinski definition) is 3. The minimum atomic E-state index is -3.51. The maximum absolute atomic E-state index is 13.1. The lowest BCUT2D eigenvalue weighted by molar-refractivity contribution is 0.337.